The summed E-state index contributed by atoms with van der Waals surface area (Å²) in [4.78, 5) is 34.3. The van der Waals surface area contributed by atoms with Gasteiger partial charge in [0.2, 0.25) is 0 Å². The molecule has 1 aliphatic rings. The lowest BCUT2D eigenvalue weighted by atomic mass is 9.89. The third-order valence-corrected chi connectivity index (χ3v) is 3.99. The van der Waals surface area contributed by atoms with Crippen LogP contribution >= 0.6 is 0 Å². The molecule has 2 atom stereocenters. The molecule has 1 saturated carbocycles. The highest BCUT2D eigenvalue weighted by atomic mass is 16.6. The second kappa shape index (κ2) is 9.33. The van der Waals surface area contributed by atoms with Crippen molar-refractivity contribution in [3.8, 4) is 0 Å². The van der Waals surface area contributed by atoms with Crippen molar-refractivity contribution in [1.29, 1.82) is 0 Å². The fraction of sp³-hybridized carbons (Fsp3) is 0.526. The van der Waals surface area contributed by atoms with Gasteiger partial charge >= 0.3 is 17.9 Å². The second-order valence-corrected chi connectivity index (χ2v) is 6.26. The fourth-order valence-electron chi connectivity index (χ4n) is 3.05. The van der Waals surface area contributed by atoms with Gasteiger partial charge in [-0.2, -0.15) is 0 Å². The molecule has 0 amide bonds. The number of ether oxygens (including phenoxy) is 4. The summed E-state index contributed by atoms with van der Waals surface area (Å²) in [6.07, 6.45) is -1.94. The van der Waals surface area contributed by atoms with Crippen molar-refractivity contribution in [2.45, 2.75) is 64.6 Å². The molecule has 0 bridgehead atoms. The Morgan fingerprint density at radius 2 is 1.35 bits per heavy atom. The molecule has 0 radical (unpaired) electrons. The summed E-state index contributed by atoms with van der Waals surface area (Å²) in [6, 6.07) is 9.63. The van der Waals surface area contributed by atoms with Crippen LogP contribution in [0.15, 0.2) is 30.3 Å². The van der Waals surface area contributed by atoms with Gasteiger partial charge in [0, 0.05) is 33.6 Å². The van der Waals surface area contributed by atoms with Gasteiger partial charge in [0.15, 0.2) is 6.10 Å². The van der Waals surface area contributed by atoms with E-state index in [2.05, 4.69) is 0 Å². The summed E-state index contributed by atoms with van der Waals surface area (Å²) in [5.41, 5.74) is 1.00. The van der Waals surface area contributed by atoms with E-state index in [1.54, 1.807) is 0 Å². The van der Waals surface area contributed by atoms with E-state index in [9.17, 15) is 14.4 Å². The molecule has 7 nitrogen and oxygen atoms in total. The van der Waals surface area contributed by atoms with Crippen molar-refractivity contribution in [1.82, 2.24) is 0 Å². The number of hydrogen-bond donors (Lipinski definition) is 0. The van der Waals surface area contributed by atoms with Gasteiger partial charge in [-0.25, -0.2) is 0 Å². The molecular weight excluding hydrogens is 340 g/mol. The summed E-state index contributed by atoms with van der Waals surface area (Å²) >= 11 is 0. The Morgan fingerprint density at radius 1 is 0.846 bits per heavy atom. The number of rotatable bonds is 6. The molecule has 2 rings (SSSR count). The van der Waals surface area contributed by atoms with Crippen LogP contribution in [0, 0.1) is 0 Å². The van der Waals surface area contributed by atoms with Crippen molar-refractivity contribution < 1.29 is 33.3 Å². The maximum atomic E-state index is 11.4. The molecule has 0 aliphatic heterocycles. The van der Waals surface area contributed by atoms with Crippen LogP contribution in [0.3, 0.4) is 0 Å². The molecule has 7 heteroatoms. The molecule has 0 saturated heterocycles. The minimum absolute atomic E-state index is 0.310. The molecule has 1 aromatic rings. The van der Waals surface area contributed by atoms with Crippen LogP contribution in [0.4, 0.5) is 0 Å². The van der Waals surface area contributed by atoms with E-state index in [4.69, 9.17) is 18.9 Å². The van der Waals surface area contributed by atoms with Gasteiger partial charge in [0.25, 0.3) is 0 Å². The normalized spacial score (nSPS) is 25.2. The standard InChI is InChI=1S/C19H24O7/c1-12(20)24-17-9-16(23-11-15-7-5-4-6-8-15)10-18(25-13(2)21)19(17)26-14(3)22/h4-8,16-19H,9-11H2,1-3H3/t16?,17-,18-,19?/m1/s1. The first-order valence-corrected chi connectivity index (χ1v) is 8.52. The van der Waals surface area contributed by atoms with E-state index in [1.807, 2.05) is 30.3 Å². The van der Waals surface area contributed by atoms with Crippen molar-refractivity contribution in [3.05, 3.63) is 35.9 Å². The molecule has 0 aromatic heterocycles. The van der Waals surface area contributed by atoms with E-state index in [0.29, 0.717) is 19.4 Å². The van der Waals surface area contributed by atoms with Crippen molar-refractivity contribution >= 4 is 17.9 Å². The Bertz CT molecular complexity index is 602. The van der Waals surface area contributed by atoms with Crippen molar-refractivity contribution in [2.24, 2.45) is 0 Å². The van der Waals surface area contributed by atoms with Crippen molar-refractivity contribution in [2.75, 3.05) is 0 Å². The predicted molar refractivity (Wildman–Crippen MR) is 90.9 cm³/mol. The van der Waals surface area contributed by atoms with Crippen LogP contribution in [-0.2, 0) is 39.9 Å². The zero-order chi connectivity index (χ0) is 19.1. The third kappa shape index (κ3) is 6.15. The van der Waals surface area contributed by atoms with Crippen LogP contribution < -0.4 is 0 Å². The zero-order valence-electron chi connectivity index (χ0n) is 15.2. The Hall–Kier alpha value is -2.41. The fourth-order valence-corrected chi connectivity index (χ4v) is 3.05. The number of benzene rings is 1. The molecule has 0 spiro atoms. The Kier molecular flexibility index (Phi) is 7.15. The number of carbonyl (C=O) groups is 3. The SMILES string of the molecule is CC(=O)OC1[C@H](OC(C)=O)CC(OCc2ccccc2)C[C@H]1OC(C)=O. The summed E-state index contributed by atoms with van der Waals surface area (Å²) < 4.78 is 21.8. The van der Waals surface area contributed by atoms with Gasteiger partial charge in [0.05, 0.1) is 12.7 Å². The van der Waals surface area contributed by atoms with Crippen LogP contribution in [0.1, 0.15) is 39.2 Å². The molecule has 1 aliphatic carbocycles. The largest absolute Gasteiger partial charge is 0.458 e. The lowest BCUT2D eigenvalue weighted by molar-refractivity contribution is -0.200. The first-order valence-electron chi connectivity index (χ1n) is 8.52. The third-order valence-electron chi connectivity index (χ3n) is 3.99. The lowest BCUT2D eigenvalue weighted by Gasteiger charge is -2.39. The lowest BCUT2D eigenvalue weighted by Crippen LogP contribution is -2.52. The summed E-state index contributed by atoms with van der Waals surface area (Å²) in [6.45, 7) is 4.19. The Morgan fingerprint density at radius 3 is 1.81 bits per heavy atom. The van der Waals surface area contributed by atoms with Crippen LogP contribution in [0.2, 0.25) is 0 Å². The smallest absolute Gasteiger partial charge is 0.303 e. The van der Waals surface area contributed by atoms with E-state index >= 15 is 0 Å². The average molecular weight is 364 g/mol. The first kappa shape index (κ1) is 19.9. The summed E-state index contributed by atoms with van der Waals surface area (Å²) in [5, 5.41) is 0. The van der Waals surface area contributed by atoms with Gasteiger partial charge in [0.1, 0.15) is 12.2 Å². The van der Waals surface area contributed by atoms with Gasteiger partial charge < -0.3 is 18.9 Å². The van der Waals surface area contributed by atoms with E-state index < -0.39 is 36.2 Å². The monoisotopic (exact) mass is 364 g/mol. The Labute approximate surface area is 152 Å². The van der Waals surface area contributed by atoms with Crippen molar-refractivity contribution in [3.63, 3.8) is 0 Å². The molecule has 0 N–H and O–H groups in total. The molecule has 142 valence electrons. The minimum Gasteiger partial charge on any atom is -0.458 e. The molecule has 26 heavy (non-hydrogen) atoms. The maximum absolute atomic E-state index is 11.4. The number of carbonyl (C=O) groups excluding carboxylic acids is 3. The quantitative estimate of drug-likeness (QED) is 0.564. The van der Waals surface area contributed by atoms with Crippen LogP contribution in [0.5, 0.6) is 0 Å². The molecule has 0 unspecified atom stereocenters. The highest BCUT2D eigenvalue weighted by Gasteiger charge is 2.44. The molecule has 1 aromatic carbocycles. The second-order valence-electron chi connectivity index (χ2n) is 6.26. The molecular formula is C19H24O7. The predicted octanol–water partition coefficient (Wildman–Crippen LogP) is 2.16. The van der Waals surface area contributed by atoms with E-state index in [1.165, 1.54) is 20.8 Å². The number of esters is 3. The van der Waals surface area contributed by atoms with Gasteiger partial charge in [-0.1, -0.05) is 30.3 Å². The summed E-state index contributed by atoms with van der Waals surface area (Å²) in [5.74, 6) is -1.54. The van der Waals surface area contributed by atoms with Gasteiger partial charge in [-0.3, -0.25) is 14.4 Å². The zero-order valence-corrected chi connectivity index (χ0v) is 15.2. The van der Waals surface area contributed by atoms with Crippen LogP contribution in [-0.4, -0.2) is 42.3 Å². The van der Waals surface area contributed by atoms with Gasteiger partial charge in [-0.15, -0.1) is 0 Å². The molecule has 1 fully saturated rings. The van der Waals surface area contributed by atoms with E-state index in [0.717, 1.165) is 5.56 Å². The van der Waals surface area contributed by atoms with Gasteiger partial charge in [-0.05, 0) is 5.56 Å². The maximum Gasteiger partial charge on any atom is 0.303 e. The minimum atomic E-state index is -0.850. The molecule has 0 heterocycles. The topological polar surface area (TPSA) is 88.1 Å². The van der Waals surface area contributed by atoms with Crippen LogP contribution in [0.25, 0.3) is 0 Å². The highest BCUT2D eigenvalue weighted by Crippen LogP contribution is 2.30. The highest BCUT2D eigenvalue weighted by molar-refractivity contribution is 5.68. The number of hydrogen-bond acceptors (Lipinski definition) is 7. The summed E-state index contributed by atoms with van der Waals surface area (Å²) in [7, 11) is 0. The average Bonchev–Trinajstić information content (AvgIpc) is 2.55. The first-order chi connectivity index (χ1) is 12.3. The Balaban J connectivity index is 2.11. The van der Waals surface area contributed by atoms with E-state index in [-0.39, 0.29) is 6.10 Å².